The molecule has 1 saturated heterocycles. The Morgan fingerprint density at radius 2 is 1.73 bits per heavy atom. The molecule has 1 atom stereocenters. The third kappa shape index (κ3) is 6.97. The van der Waals surface area contributed by atoms with Gasteiger partial charge in [-0.3, -0.25) is 9.59 Å². The van der Waals surface area contributed by atoms with Gasteiger partial charge in [-0.1, -0.05) is 6.92 Å². The molecule has 1 aliphatic rings. The number of hydrogen-bond acceptors (Lipinski definition) is 4. The maximum Gasteiger partial charge on any atom is 0.224 e. The number of carbonyl (C=O) groups is 2. The van der Waals surface area contributed by atoms with E-state index >= 15 is 0 Å². The van der Waals surface area contributed by atoms with E-state index in [2.05, 4.69) is 10.2 Å². The van der Waals surface area contributed by atoms with Gasteiger partial charge >= 0.3 is 0 Å². The van der Waals surface area contributed by atoms with E-state index in [4.69, 9.17) is 5.73 Å². The maximum absolute atomic E-state index is 13.0. The zero-order valence-electron chi connectivity index (χ0n) is 14.8. The average Bonchev–Trinajstić information content (AvgIpc) is 2.61. The van der Waals surface area contributed by atoms with Crippen LogP contribution < -0.4 is 16.0 Å². The molecule has 9 heteroatoms. The molecule has 3 N–H and O–H groups in total. The molecule has 1 aromatic carbocycles. The largest absolute Gasteiger partial charge is 0.368 e. The Balaban J connectivity index is 0.00000312. The molecular formula is C17H27Cl2FN4O2. The highest BCUT2D eigenvalue weighted by molar-refractivity contribution is 5.85. The number of anilines is 1. The van der Waals surface area contributed by atoms with Gasteiger partial charge in [0.05, 0.1) is 0 Å². The van der Waals surface area contributed by atoms with Gasteiger partial charge in [-0.05, 0) is 24.3 Å². The van der Waals surface area contributed by atoms with Crippen molar-refractivity contribution in [2.75, 3.05) is 44.2 Å². The molecule has 1 aromatic rings. The van der Waals surface area contributed by atoms with Crippen LogP contribution in [-0.2, 0) is 9.59 Å². The summed E-state index contributed by atoms with van der Waals surface area (Å²) in [4.78, 5) is 27.7. The number of amides is 2. The Kier molecular flexibility index (Phi) is 11.2. The van der Waals surface area contributed by atoms with Crippen molar-refractivity contribution in [1.82, 2.24) is 10.2 Å². The second kappa shape index (κ2) is 11.9. The summed E-state index contributed by atoms with van der Waals surface area (Å²) < 4.78 is 13.0. The van der Waals surface area contributed by atoms with E-state index < -0.39 is 0 Å². The molecule has 1 fully saturated rings. The van der Waals surface area contributed by atoms with Crippen LogP contribution in [0.5, 0.6) is 0 Å². The summed E-state index contributed by atoms with van der Waals surface area (Å²) in [6.07, 6.45) is 0.291. The predicted molar refractivity (Wildman–Crippen MR) is 106 cm³/mol. The normalized spacial score (nSPS) is 14.7. The van der Waals surface area contributed by atoms with Crippen LogP contribution in [0, 0.1) is 11.7 Å². The molecule has 0 saturated carbocycles. The standard InChI is InChI=1S/C17H25FN4O2.2ClH/c1-13(12-19)17(24)20-7-6-16(23)22-10-8-21(9-11-22)15-4-2-14(18)3-5-15;;/h2-5,13H,6-12,19H2,1H3,(H,20,24);2*1H. The van der Waals surface area contributed by atoms with E-state index in [1.165, 1.54) is 12.1 Å². The molecule has 2 amide bonds. The van der Waals surface area contributed by atoms with Gasteiger partial charge in [0.25, 0.3) is 0 Å². The molecule has 1 unspecified atom stereocenters. The lowest BCUT2D eigenvalue weighted by Gasteiger charge is -2.36. The fourth-order valence-corrected chi connectivity index (χ4v) is 2.60. The number of piperazine rings is 1. The Labute approximate surface area is 166 Å². The van der Waals surface area contributed by atoms with E-state index in [1.54, 1.807) is 24.0 Å². The highest BCUT2D eigenvalue weighted by Gasteiger charge is 2.21. The highest BCUT2D eigenvalue weighted by atomic mass is 35.5. The molecule has 6 nitrogen and oxygen atoms in total. The van der Waals surface area contributed by atoms with Crippen molar-refractivity contribution in [3.63, 3.8) is 0 Å². The number of halogens is 3. The molecule has 0 bridgehead atoms. The summed E-state index contributed by atoms with van der Waals surface area (Å²) in [6.45, 7) is 5.08. The fraction of sp³-hybridized carbons (Fsp3) is 0.529. The lowest BCUT2D eigenvalue weighted by atomic mass is 10.1. The third-order valence-corrected chi connectivity index (χ3v) is 4.26. The lowest BCUT2D eigenvalue weighted by Crippen LogP contribution is -2.49. The van der Waals surface area contributed by atoms with Crippen LogP contribution >= 0.6 is 24.8 Å². The Hall–Kier alpha value is -1.57. The number of nitrogens with zero attached hydrogens (tertiary/aromatic N) is 2. The van der Waals surface area contributed by atoms with Crippen LogP contribution in [0.2, 0.25) is 0 Å². The summed E-state index contributed by atoms with van der Waals surface area (Å²) in [7, 11) is 0. The van der Waals surface area contributed by atoms with Gasteiger partial charge in [-0.25, -0.2) is 4.39 Å². The van der Waals surface area contributed by atoms with Gasteiger partial charge in [-0.2, -0.15) is 0 Å². The smallest absolute Gasteiger partial charge is 0.224 e. The first kappa shape index (κ1) is 24.4. The van der Waals surface area contributed by atoms with Crippen molar-refractivity contribution >= 4 is 42.3 Å². The van der Waals surface area contributed by atoms with Crippen molar-refractivity contribution in [3.05, 3.63) is 30.1 Å². The van der Waals surface area contributed by atoms with Crippen LogP contribution in [0.4, 0.5) is 10.1 Å². The number of nitrogens with two attached hydrogens (primary N) is 1. The van der Waals surface area contributed by atoms with Crippen molar-refractivity contribution in [3.8, 4) is 0 Å². The first-order valence-corrected chi connectivity index (χ1v) is 8.27. The fourth-order valence-electron chi connectivity index (χ4n) is 2.60. The summed E-state index contributed by atoms with van der Waals surface area (Å²) in [6, 6.07) is 6.39. The number of carbonyl (C=O) groups excluding carboxylic acids is 2. The summed E-state index contributed by atoms with van der Waals surface area (Å²) in [5, 5.41) is 2.73. The molecule has 0 aliphatic carbocycles. The van der Waals surface area contributed by atoms with Crippen LogP contribution in [0.1, 0.15) is 13.3 Å². The Bertz CT molecular complexity index is 566. The molecule has 148 valence electrons. The molecule has 26 heavy (non-hydrogen) atoms. The predicted octanol–water partition coefficient (Wildman–Crippen LogP) is 1.42. The minimum atomic E-state index is -0.251. The van der Waals surface area contributed by atoms with Gasteiger partial charge < -0.3 is 20.9 Å². The van der Waals surface area contributed by atoms with Gasteiger partial charge in [0.15, 0.2) is 0 Å². The number of benzene rings is 1. The quantitative estimate of drug-likeness (QED) is 0.745. The van der Waals surface area contributed by atoms with Gasteiger partial charge in [-0.15, -0.1) is 24.8 Å². The molecular weight excluding hydrogens is 382 g/mol. The van der Waals surface area contributed by atoms with Crippen molar-refractivity contribution < 1.29 is 14.0 Å². The highest BCUT2D eigenvalue weighted by Crippen LogP contribution is 2.17. The number of hydrogen-bond donors (Lipinski definition) is 2. The summed E-state index contributed by atoms with van der Waals surface area (Å²) >= 11 is 0. The molecule has 1 heterocycles. The van der Waals surface area contributed by atoms with Gasteiger partial charge in [0, 0.05) is 57.3 Å². The van der Waals surface area contributed by atoms with Crippen LogP contribution in [0.3, 0.4) is 0 Å². The maximum atomic E-state index is 13.0. The zero-order valence-corrected chi connectivity index (χ0v) is 16.5. The van der Waals surface area contributed by atoms with E-state index in [-0.39, 0.29) is 48.4 Å². The molecule has 0 aromatic heterocycles. The van der Waals surface area contributed by atoms with E-state index in [9.17, 15) is 14.0 Å². The topological polar surface area (TPSA) is 78.7 Å². The third-order valence-electron chi connectivity index (χ3n) is 4.26. The second-order valence-electron chi connectivity index (χ2n) is 6.02. The van der Waals surface area contributed by atoms with Crippen LogP contribution in [-0.4, -0.2) is 56.0 Å². The van der Waals surface area contributed by atoms with E-state index in [0.29, 0.717) is 45.7 Å². The Morgan fingerprint density at radius 3 is 2.27 bits per heavy atom. The van der Waals surface area contributed by atoms with Crippen molar-refractivity contribution in [2.45, 2.75) is 13.3 Å². The number of rotatable bonds is 6. The summed E-state index contributed by atoms with van der Waals surface area (Å²) in [5.41, 5.74) is 6.39. The van der Waals surface area contributed by atoms with Crippen molar-refractivity contribution in [2.24, 2.45) is 11.7 Å². The SMILES string of the molecule is CC(CN)C(=O)NCCC(=O)N1CCN(c2ccc(F)cc2)CC1.Cl.Cl. The summed E-state index contributed by atoms with van der Waals surface area (Å²) in [5.74, 6) is -0.571. The molecule has 1 aliphatic heterocycles. The number of nitrogens with one attached hydrogen (secondary N) is 1. The van der Waals surface area contributed by atoms with E-state index in [1.807, 2.05) is 0 Å². The zero-order chi connectivity index (χ0) is 17.5. The first-order chi connectivity index (χ1) is 11.5. The monoisotopic (exact) mass is 408 g/mol. The Morgan fingerprint density at radius 1 is 1.15 bits per heavy atom. The van der Waals surface area contributed by atoms with Gasteiger partial charge in [0.1, 0.15) is 5.82 Å². The average molecular weight is 409 g/mol. The minimum absolute atomic E-state index is 0. The van der Waals surface area contributed by atoms with Crippen LogP contribution in [0.25, 0.3) is 0 Å². The van der Waals surface area contributed by atoms with Gasteiger partial charge in [0.2, 0.25) is 11.8 Å². The minimum Gasteiger partial charge on any atom is -0.368 e. The molecule has 0 radical (unpaired) electrons. The second-order valence-corrected chi connectivity index (χ2v) is 6.02. The van der Waals surface area contributed by atoms with Crippen LogP contribution in [0.15, 0.2) is 24.3 Å². The lowest BCUT2D eigenvalue weighted by molar-refractivity contribution is -0.131. The van der Waals surface area contributed by atoms with E-state index in [0.717, 1.165) is 5.69 Å². The first-order valence-electron chi connectivity index (χ1n) is 8.27. The molecule has 2 rings (SSSR count). The molecule has 0 spiro atoms. The van der Waals surface area contributed by atoms with Crippen molar-refractivity contribution in [1.29, 1.82) is 0 Å².